The van der Waals surface area contributed by atoms with Crippen LogP contribution in [0.2, 0.25) is 0 Å². The number of hydrogen-bond donors (Lipinski definition) is 1. The third kappa shape index (κ3) is 2.95. The van der Waals surface area contributed by atoms with Gasteiger partial charge in [0, 0.05) is 11.4 Å². The molecule has 1 aliphatic rings. The minimum atomic E-state index is 0.795. The summed E-state index contributed by atoms with van der Waals surface area (Å²) in [6.45, 7) is 5.38. The molecule has 2 nitrogen and oxygen atoms in total. The zero-order valence-electron chi connectivity index (χ0n) is 10.4. The number of nitriles is 1. The molecule has 1 aromatic rings. The van der Waals surface area contributed by atoms with Gasteiger partial charge in [0.15, 0.2) is 0 Å². The predicted molar refractivity (Wildman–Crippen MR) is 73.3 cm³/mol. The van der Waals surface area contributed by atoms with E-state index in [2.05, 4.69) is 25.2 Å². The Hall–Kier alpha value is -1.14. The first-order valence-electron chi connectivity index (χ1n) is 6.16. The lowest BCUT2D eigenvalue weighted by Crippen LogP contribution is -2.06. The first kappa shape index (κ1) is 12.3. The minimum absolute atomic E-state index is 0.795. The van der Waals surface area contributed by atoms with E-state index in [1.165, 1.54) is 6.42 Å². The van der Waals surface area contributed by atoms with Gasteiger partial charge in [-0.05, 0) is 36.1 Å². The van der Waals surface area contributed by atoms with Crippen molar-refractivity contribution >= 4 is 17.4 Å². The molecule has 0 heterocycles. The average molecular weight is 246 g/mol. The lowest BCUT2D eigenvalue weighted by atomic mass is 10.2. The van der Waals surface area contributed by atoms with Crippen LogP contribution in [0.15, 0.2) is 23.1 Å². The van der Waals surface area contributed by atoms with Crippen molar-refractivity contribution in [2.24, 2.45) is 11.8 Å². The SMILES string of the molecule is CCSc1cccc(NCC2CC2C)c1C#N. The van der Waals surface area contributed by atoms with Gasteiger partial charge in [-0.1, -0.05) is 19.9 Å². The molecular weight excluding hydrogens is 228 g/mol. The van der Waals surface area contributed by atoms with E-state index in [4.69, 9.17) is 0 Å². The van der Waals surface area contributed by atoms with Gasteiger partial charge in [0.25, 0.3) is 0 Å². The number of benzene rings is 1. The highest BCUT2D eigenvalue weighted by Gasteiger charge is 2.32. The van der Waals surface area contributed by atoms with Gasteiger partial charge >= 0.3 is 0 Å². The highest BCUT2D eigenvalue weighted by atomic mass is 32.2. The minimum Gasteiger partial charge on any atom is -0.384 e. The van der Waals surface area contributed by atoms with Gasteiger partial charge in [0.05, 0.1) is 11.3 Å². The number of nitrogens with zero attached hydrogens (tertiary/aromatic N) is 1. The summed E-state index contributed by atoms with van der Waals surface area (Å²) in [5, 5.41) is 12.7. The summed E-state index contributed by atoms with van der Waals surface area (Å²) >= 11 is 1.73. The smallest absolute Gasteiger partial charge is 0.102 e. The normalized spacial score (nSPS) is 21.9. The van der Waals surface area contributed by atoms with Gasteiger partial charge in [0.2, 0.25) is 0 Å². The Labute approximate surface area is 107 Å². The summed E-state index contributed by atoms with van der Waals surface area (Å²) in [5.74, 6) is 2.64. The van der Waals surface area contributed by atoms with Gasteiger partial charge < -0.3 is 5.32 Å². The molecule has 0 amide bonds. The van der Waals surface area contributed by atoms with E-state index in [1.807, 2.05) is 18.2 Å². The van der Waals surface area contributed by atoms with Crippen LogP contribution in [0.25, 0.3) is 0 Å². The van der Waals surface area contributed by atoms with Crippen LogP contribution in [0.4, 0.5) is 5.69 Å². The van der Waals surface area contributed by atoms with Crippen molar-refractivity contribution in [3.63, 3.8) is 0 Å². The van der Waals surface area contributed by atoms with Crippen LogP contribution in [0.5, 0.6) is 0 Å². The summed E-state index contributed by atoms with van der Waals surface area (Å²) in [6.07, 6.45) is 1.32. The van der Waals surface area contributed by atoms with Crippen LogP contribution in [0, 0.1) is 23.2 Å². The number of hydrogen-bond acceptors (Lipinski definition) is 3. The van der Waals surface area contributed by atoms with Crippen LogP contribution >= 0.6 is 11.8 Å². The molecule has 2 unspecified atom stereocenters. The lowest BCUT2D eigenvalue weighted by molar-refractivity contribution is 0.787. The van der Waals surface area contributed by atoms with Crippen molar-refractivity contribution in [3.8, 4) is 6.07 Å². The lowest BCUT2D eigenvalue weighted by Gasteiger charge is -2.10. The number of thioether (sulfide) groups is 1. The van der Waals surface area contributed by atoms with Gasteiger partial charge in [-0.2, -0.15) is 5.26 Å². The molecule has 2 rings (SSSR count). The Bertz CT molecular complexity index is 436. The molecule has 1 aliphatic carbocycles. The topological polar surface area (TPSA) is 35.8 Å². The van der Waals surface area contributed by atoms with Gasteiger partial charge in [-0.3, -0.25) is 0 Å². The van der Waals surface area contributed by atoms with Crippen molar-refractivity contribution in [1.82, 2.24) is 0 Å². The highest BCUT2D eigenvalue weighted by Crippen LogP contribution is 2.38. The zero-order valence-corrected chi connectivity index (χ0v) is 11.2. The van der Waals surface area contributed by atoms with Gasteiger partial charge in [-0.15, -0.1) is 11.8 Å². The second-order valence-electron chi connectivity index (χ2n) is 4.58. The molecule has 1 aromatic carbocycles. The molecule has 1 fully saturated rings. The fourth-order valence-corrected chi connectivity index (χ4v) is 2.78. The number of anilines is 1. The fourth-order valence-electron chi connectivity index (χ4n) is 1.99. The molecule has 0 bridgehead atoms. The maximum absolute atomic E-state index is 9.26. The van der Waals surface area contributed by atoms with E-state index in [-0.39, 0.29) is 0 Å². The quantitative estimate of drug-likeness (QED) is 0.804. The third-order valence-corrected chi connectivity index (χ3v) is 4.21. The fraction of sp³-hybridized carbons (Fsp3) is 0.500. The molecule has 90 valence electrons. The first-order valence-corrected chi connectivity index (χ1v) is 7.14. The Balaban J connectivity index is 2.09. The average Bonchev–Trinajstić information content (AvgIpc) is 3.03. The molecule has 1 saturated carbocycles. The monoisotopic (exact) mass is 246 g/mol. The maximum atomic E-state index is 9.26. The van der Waals surface area contributed by atoms with Crippen molar-refractivity contribution in [1.29, 1.82) is 5.26 Å². The van der Waals surface area contributed by atoms with E-state index in [0.717, 1.165) is 40.3 Å². The maximum Gasteiger partial charge on any atom is 0.102 e. The standard InChI is InChI=1S/C14H18N2S/c1-3-17-14-6-4-5-13(12(14)8-15)16-9-11-7-10(11)2/h4-6,10-11,16H,3,7,9H2,1-2H3. The van der Waals surface area contributed by atoms with Crippen molar-refractivity contribution in [2.75, 3.05) is 17.6 Å². The molecule has 0 aromatic heterocycles. The molecular formula is C14H18N2S. The summed E-state index contributed by atoms with van der Waals surface area (Å²) in [5.41, 5.74) is 1.79. The Morgan fingerprint density at radius 2 is 2.29 bits per heavy atom. The predicted octanol–water partition coefficient (Wildman–Crippen LogP) is 3.74. The molecule has 17 heavy (non-hydrogen) atoms. The second-order valence-corrected chi connectivity index (χ2v) is 5.88. The van der Waals surface area contributed by atoms with E-state index in [9.17, 15) is 5.26 Å². The number of rotatable bonds is 5. The van der Waals surface area contributed by atoms with E-state index in [1.54, 1.807) is 11.8 Å². The molecule has 1 N–H and O–H groups in total. The highest BCUT2D eigenvalue weighted by molar-refractivity contribution is 7.99. The summed E-state index contributed by atoms with van der Waals surface area (Å²) in [4.78, 5) is 1.09. The van der Waals surface area contributed by atoms with E-state index < -0.39 is 0 Å². The van der Waals surface area contributed by atoms with Crippen LogP contribution in [-0.4, -0.2) is 12.3 Å². The molecule has 0 radical (unpaired) electrons. The van der Waals surface area contributed by atoms with E-state index in [0.29, 0.717) is 0 Å². The molecule has 0 saturated heterocycles. The molecule has 0 aliphatic heterocycles. The second kappa shape index (κ2) is 5.46. The largest absolute Gasteiger partial charge is 0.384 e. The van der Waals surface area contributed by atoms with Crippen LogP contribution < -0.4 is 5.32 Å². The Kier molecular flexibility index (Phi) is 3.96. The Morgan fingerprint density at radius 1 is 1.53 bits per heavy atom. The van der Waals surface area contributed by atoms with Crippen molar-refractivity contribution < 1.29 is 0 Å². The van der Waals surface area contributed by atoms with E-state index >= 15 is 0 Å². The third-order valence-electron chi connectivity index (χ3n) is 3.27. The zero-order chi connectivity index (χ0) is 12.3. The molecule has 2 atom stereocenters. The summed E-state index contributed by atoms with van der Waals surface area (Å²) in [6, 6.07) is 8.38. The van der Waals surface area contributed by atoms with Gasteiger partial charge in [0.1, 0.15) is 6.07 Å². The van der Waals surface area contributed by atoms with Crippen molar-refractivity contribution in [3.05, 3.63) is 23.8 Å². The van der Waals surface area contributed by atoms with Crippen molar-refractivity contribution in [2.45, 2.75) is 25.2 Å². The van der Waals surface area contributed by atoms with Gasteiger partial charge in [-0.25, -0.2) is 0 Å². The summed E-state index contributed by atoms with van der Waals surface area (Å²) in [7, 11) is 0. The molecule has 0 spiro atoms. The molecule has 3 heteroatoms. The first-order chi connectivity index (χ1) is 8.26. The summed E-state index contributed by atoms with van der Waals surface area (Å²) < 4.78 is 0. The number of nitrogens with one attached hydrogen (secondary N) is 1. The van der Waals surface area contributed by atoms with Crippen LogP contribution in [0.1, 0.15) is 25.8 Å². The Morgan fingerprint density at radius 3 is 2.88 bits per heavy atom. The van der Waals surface area contributed by atoms with Crippen LogP contribution in [0.3, 0.4) is 0 Å². The van der Waals surface area contributed by atoms with Crippen LogP contribution in [-0.2, 0) is 0 Å².